The molecule has 0 saturated carbocycles. The number of anilines is 1. The van der Waals surface area contributed by atoms with Crippen LogP contribution in [-0.4, -0.2) is 17.8 Å². The fourth-order valence-electron chi connectivity index (χ4n) is 6.58. The van der Waals surface area contributed by atoms with Gasteiger partial charge in [-0.2, -0.15) is 0 Å². The van der Waals surface area contributed by atoms with Gasteiger partial charge < -0.3 is 9.15 Å². The Bertz CT molecular complexity index is 1510. The second-order valence-electron chi connectivity index (χ2n) is 9.77. The van der Waals surface area contributed by atoms with E-state index in [1.54, 1.807) is 30.3 Å². The van der Waals surface area contributed by atoms with Gasteiger partial charge in [-0.25, -0.2) is 9.69 Å². The van der Waals surface area contributed by atoms with E-state index in [2.05, 4.69) is 24.3 Å². The molecule has 2 amide bonds. The van der Waals surface area contributed by atoms with Gasteiger partial charge >= 0.3 is 5.97 Å². The van der Waals surface area contributed by atoms with Crippen LogP contribution in [0.3, 0.4) is 0 Å². The van der Waals surface area contributed by atoms with E-state index in [1.165, 1.54) is 17.2 Å². The maximum atomic E-state index is 14.1. The van der Waals surface area contributed by atoms with Crippen LogP contribution in [0.4, 0.5) is 5.69 Å². The largest absolute Gasteiger partial charge is 0.457 e. The van der Waals surface area contributed by atoms with E-state index in [4.69, 9.17) is 9.15 Å². The summed E-state index contributed by atoms with van der Waals surface area (Å²) in [6, 6.07) is 25.9. The SMILES string of the molecule is C[C@@]12C(=O)N(c3ccc(OC(=O)c4ccco4)cc3)C(=O)[C@H]1C1c3ccccc3C2c2ccccc21. The molecule has 4 aromatic rings. The zero-order valence-electron chi connectivity index (χ0n) is 19.4. The first-order chi connectivity index (χ1) is 17.5. The third-order valence-electron chi connectivity index (χ3n) is 8.04. The van der Waals surface area contributed by atoms with Crippen LogP contribution in [0.15, 0.2) is 95.6 Å². The molecular weight excluding hydrogens is 454 g/mol. The van der Waals surface area contributed by atoms with E-state index in [0.717, 1.165) is 22.3 Å². The third-order valence-corrected chi connectivity index (χ3v) is 8.04. The van der Waals surface area contributed by atoms with Crippen molar-refractivity contribution in [3.05, 3.63) is 119 Å². The molecule has 2 atom stereocenters. The van der Waals surface area contributed by atoms with Gasteiger partial charge in [-0.15, -0.1) is 0 Å². The molecule has 3 aromatic carbocycles. The fraction of sp³-hybridized carbons (Fsp3) is 0.167. The first kappa shape index (κ1) is 20.9. The van der Waals surface area contributed by atoms with Crippen LogP contribution in [0, 0.1) is 11.3 Å². The minimum atomic E-state index is -0.894. The predicted octanol–water partition coefficient (Wildman–Crippen LogP) is 5.29. The van der Waals surface area contributed by atoms with Gasteiger partial charge in [0.05, 0.1) is 23.3 Å². The van der Waals surface area contributed by atoms with Crippen molar-refractivity contribution in [3.8, 4) is 5.75 Å². The van der Waals surface area contributed by atoms with Gasteiger partial charge in [0.15, 0.2) is 0 Å². The lowest BCUT2D eigenvalue weighted by molar-refractivity contribution is -0.128. The maximum absolute atomic E-state index is 14.1. The summed E-state index contributed by atoms with van der Waals surface area (Å²) < 4.78 is 10.4. The Kier molecular flexibility index (Phi) is 4.22. The molecule has 1 fully saturated rings. The second kappa shape index (κ2) is 7.28. The maximum Gasteiger partial charge on any atom is 0.379 e. The molecule has 6 heteroatoms. The number of carbonyl (C=O) groups excluding carboxylic acids is 3. The Morgan fingerprint density at radius 3 is 2.03 bits per heavy atom. The Morgan fingerprint density at radius 1 is 0.833 bits per heavy atom. The van der Waals surface area contributed by atoms with E-state index < -0.39 is 17.3 Å². The highest BCUT2D eigenvalue weighted by Gasteiger charge is 2.68. The quantitative estimate of drug-likeness (QED) is 0.229. The monoisotopic (exact) mass is 475 g/mol. The summed E-state index contributed by atoms with van der Waals surface area (Å²) in [7, 11) is 0. The first-order valence-corrected chi connectivity index (χ1v) is 11.9. The number of hydrogen-bond donors (Lipinski definition) is 0. The van der Waals surface area contributed by atoms with E-state index in [1.807, 2.05) is 31.2 Å². The summed E-state index contributed by atoms with van der Waals surface area (Å²) in [6.45, 7) is 1.95. The molecule has 2 bridgehead atoms. The van der Waals surface area contributed by atoms with Crippen LogP contribution >= 0.6 is 0 Å². The summed E-state index contributed by atoms with van der Waals surface area (Å²) in [4.78, 5) is 41.6. The van der Waals surface area contributed by atoms with E-state index in [9.17, 15) is 14.4 Å². The third kappa shape index (κ3) is 2.58. The molecule has 36 heavy (non-hydrogen) atoms. The van der Waals surface area contributed by atoms with Crippen LogP contribution in [0.2, 0.25) is 0 Å². The zero-order chi connectivity index (χ0) is 24.6. The fourth-order valence-corrected chi connectivity index (χ4v) is 6.58. The number of rotatable bonds is 3. The van der Waals surface area contributed by atoms with E-state index in [0.29, 0.717) is 11.4 Å². The van der Waals surface area contributed by atoms with Crippen molar-refractivity contribution in [2.24, 2.45) is 11.3 Å². The highest BCUT2D eigenvalue weighted by atomic mass is 16.5. The van der Waals surface area contributed by atoms with Crippen molar-refractivity contribution in [2.75, 3.05) is 4.90 Å². The van der Waals surface area contributed by atoms with Crippen molar-refractivity contribution < 1.29 is 23.5 Å². The smallest absolute Gasteiger partial charge is 0.379 e. The van der Waals surface area contributed by atoms with Gasteiger partial charge in [0, 0.05) is 11.8 Å². The number of nitrogens with zero attached hydrogens (tertiary/aromatic N) is 1. The summed E-state index contributed by atoms with van der Waals surface area (Å²) >= 11 is 0. The molecule has 2 heterocycles. The Balaban J connectivity index is 1.28. The molecule has 0 radical (unpaired) electrons. The molecule has 6 nitrogen and oxygen atoms in total. The van der Waals surface area contributed by atoms with Crippen LogP contribution in [-0.2, 0) is 9.59 Å². The summed E-state index contributed by atoms with van der Waals surface area (Å²) in [6.07, 6.45) is 1.40. The average molecular weight is 476 g/mol. The van der Waals surface area contributed by atoms with E-state index in [-0.39, 0.29) is 29.4 Å². The lowest BCUT2D eigenvalue weighted by Crippen LogP contribution is -2.49. The normalized spacial score (nSPS) is 25.4. The number of amides is 2. The lowest BCUT2D eigenvalue weighted by atomic mass is 9.48. The first-order valence-electron chi connectivity index (χ1n) is 11.9. The average Bonchev–Trinajstić information content (AvgIpc) is 3.51. The Morgan fingerprint density at radius 2 is 1.44 bits per heavy atom. The van der Waals surface area contributed by atoms with Gasteiger partial charge in [-0.3, -0.25) is 9.59 Å². The number of imide groups is 1. The minimum absolute atomic E-state index is 0.0931. The van der Waals surface area contributed by atoms with Crippen LogP contribution < -0.4 is 9.64 Å². The molecule has 8 rings (SSSR count). The van der Waals surface area contributed by atoms with Crippen LogP contribution in [0.25, 0.3) is 0 Å². The predicted molar refractivity (Wildman–Crippen MR) is 131 cm³/mol. The number of hydrogen-bond acceptors (Lipinski definition) is 5. The van der Waals surface area contributed by atoms with Crippen LogP contribution in [0.1, 0.15) is 51.6 Å². The summed E-state index contributed by atoms with van der Waals surface area (Å²) in [5.41, 5.74) is 4.09. The van der Waals surface area contributed by atoms with Crippen molar-refractivity contribution >= 4 is 23.5 Å². The molecule has 1 saturated heterocycles. The highest BCUT2D eigenvalue weighted by molar-refractivity contribution is 6.25. The van der Waals surface area contributed by atoms with Crippen molar-refractivity contribution in [2.45, 2.75) is 18.8 Å². The zero-order valence-corrected chi connectivity index (χ0v) is 19.4. The molecule has 1 aromatic heterocycles. The molecule has 0 spiro atoms. The second-order valence-corrected chi connectivity index (χ2v) is 9.77. The van der Waals surface area contributed by atoms with E-state index >= 15 is 0 Å². The molecule has 3 aliphatic carbocycles. The minimum Gasteiger partial charge on any atom is -0.457 e. The standard InChI is InChI=1S/C30H21NO5/c1-30-25-21-9-4-2-7-19(21)24(20-8-3-5-10-22(20)25)26(30)27(32)31(29(30)34)17-12-14-18(15-13-17)36-28(33)23-11-6-16-35-23/h2-16,24-26H,1H3/t24?,25?,26-,30+/m1/s1. The summed E-state index contributed by atoms with van der Waals surface area (Å²) in [5.74, 6) is -1.49. The molecule has 0 N–H and O–H groups in total. The van der Waals surface area contributed by atoms with Crippen molar-refractivity contribution in [3.63, 3.8) is 0 Å². The number of ether oxygens (including phenoxy) is 1. The molecule has 176 valence electrons. The Labute approximate surface area is 207 Å². The number of furan rings is 1. The molecule has 0 unspecified atom stereocenters. The highest BCUT2D eigenvalue weighted by Crippen LogP contribution is 2.67. The number of carbonyl (C=O) groups is 3. The van der Waals surface area contributed by atoms with Gasteiger partial charge in [-0.05, 0) is 65.6 Å². The van der Waals surface area contributed by atoms with Crippen molar-refractivity contribution in [1.82, 2.24) is 0 Å². The van der Waals surface area contributed by atoms with Crippen LogP contribution in [0.5, 0.6) is 5.75 Å². The van der Waals surface area contributed by atoms with Gasteiger partial charge in [0.1, 0.15) is 5.75 Å². The van der Waals surface area contributed by atoms with Gasteiger partial charge in [0.25, 0.3) is 0 Å². The van der Waals surface area contributed by atoms with Gasteiger partial charge in [-0.1, -0.05) is 48.5 Å². The van der Waals surface area contributed by atoms with Crippen molar-refractivity contribution in [1.29, 1.82) is 0 Å². The lowest BCUT2D eigenvalue weighted by Gasteiger charge is -2.51. The van der Waals surface area contributed by atoms with Gasteiger partial charge in [0.2, 0.25) is 17.6 Å². The molecular formula is C30H21NO5. The number of benzene rings is 3. The topological polar surface area (TPSA) is 76.8 Å². The Hall–Kier alpha value is -4.45. The molecule has 1 aliphatic heterocycles. The summed E-state index contributed by atoms with van der Waals surface area (Å²) in [5, 5.41) is 0. The number of esters is 1. The molecule has 4 aliphatic rings.